The van der Waals surface area contributed by atoms with Gasteiger partial charge in [0.2, 0.25) is 0 Å². The third-order valence-corrected chi connectivity index (χ3v) is 2.92. The molecule has 1 aromatic carbocycles. The van der Waals surface area contributed by atoms with Crippen LogP contribution in [0.2, 0.25) is 5.02 Å². The first-order valence-corrected chi connectivity index (χ1v) is 6.35. The Morgan fingerprint density at radius 3 is 2.75 bits per heavy atom. The smallest absolute Gasteiger partial charge is 0.317 e. The van der Waals surface area contributed by atoms with Crippen LogP contribution in [0.4, 0.5) is 4.79 Å². The second-order valence-corrected chi connectivity index (χ2v) is 4.62. The number of methoxy groups -OCH3 is 1. The van der Waals surface area contributed by atoms with Gasteiger partial charge in [-0.1, -0.05) is 11.6 Å². The summed E-state index contributed by atoms with van der Waals surface area (Å²) in [7, 11) is 3.07. The molecule has 0 aromatic heterocycles. The van der Waals surface area contributed by atoms with Gasteiger partial charge in [0, 0.05) is 30.7 Å². The van der Waals surface area contributed by atoms with Crippen molar-refractivity contribution in [1.82, 2.24) is 10.2 Å². The van der Waals surface area contributed by atoms with E-state index in [4.69, 9.17) is 21.4 Å². The third kappa shape index (κ3) is 4.97. The van der Waals surface area contributed by atoms with Gasteiger partial charge < -0.3 is 20.1 Å². The molecule has 0 spiro atoms. The molecule has 0 aliphatic heterocycles. The zero-order valence-corrected chi connectivity index (χ0v) is 12.1. The number of nitrogens with zero attached hydrogens (tertiary/aromatic N) is 1. The molecule has 20 heavy (non-hydrogen) atoms. The van der Waals surface area contributed by atoms with Gasteiger partial charge in [-0.2, -0.15) is 0 Å². The predicted octanol–water partition coefficient (Wildman–Crippen LogP) is 1.96. The van der Waals surface area contributed by atoms with Gasteiger partial charge in [0.25, 0.3) is 0 Å². The highest BCUT2D eigenvalue weighted by Crippen LogP contribution is 2.22. The number of nitrogens with one attached hydrogen (secondary N) is 1. The minimum atomic E-state index is -0.943. The van der Waals surface area contributed by atoms with Crippen LogP contribution < -0.4 is 10.1 Å². The Morgan fingerprint density at radius 1 is 1.45 bits per heavy atom. The fraction of sp³-hybridized carbons (Fsp3) is 0.385. The Bertz CT molecular complexity index is 493. The zero-order valence-electron chi connectivity index (χ0n) is 11.4. The summed E-state index contributed by atoms with van der Waals surface area (Å²) in [6.45, 7) is 0.397. The van der Waals surface area contributed by atoms with E-state index in [-0.39, 0.29) is 25.5 Å². The first kappa shape index (κ1) is 16.1. The number of ether oxygens (including phenoxy) is 1. The van der Waals surface area contributed by atoms with Crippen LogP contribution >= 0.6 is 11.6 Å². The topological polar surface area (TPSA) is 78.9 Å². The lowest BCUT2D eigenvalue weighted by atomic mass is 10.2. The van der Waals surface area contributed by atoms with Crippen molar-refractivity contribution in [3.8, 4) is 5.75 Å². The van der Waals surface area contributed by atoms with Crippen LogP contribution in [-0.4, -0.2) is 42.7 Å². The Kier molecular flexibility index (Phi) is 6.11. The lowest BCUT2D eigenvalue weighted by Crippen LogP contribution is -2.38. The summed E-state index contributed by atoms with van der Waals surface area (Å²) in [5.41, 5.74) is 0.750. The number of benzene rings is 1. The van der Waals surface area contributed by atoms with Crippen LogP contribution in [0.1, 0.15) is 12.0 Å². The molecule has 7 heteroatoms. The van der Waals surface area contributed by atoms with Gasteiger partial charge in [0.1, 0.15) is 5.75 Å². The van der Waals surface area contributed by atoms with Crippen LogP contribution in [0, 0.1) is 0 Å². The number of hydrogen-bond donors (Lipinski definition) is 2. The number of amides is 2. The Balaban J connectivity index is 2.56. The Labute approximate surface area is 122 Å². The monoisotopic (exact) mass is 300 g/mol. The predicted molar refractivity (Wildman–Crippen MR) is 75.1 cm³/mol. The lowest BCUT2D eigenvalue weighted by Gasteiger charge is -2.17. The van der Waals surface area contributed by atoms with Gasteiger partial charge >= 0.3 is 12.0 Å². The van der Waals surface area contributed by atoms with Crippen molar-refractivity contribution in [3.63, 3.8) is 0 Å². The molecule has 0 fully saturated rings. The van der Waals surface area contributed by atoms with Crippen molar-refractivity contribution < 1.29 is 19.4 Å². The second kappa shape index (κ2) is 7.59. The number of rotatable bonds is 6. The van der Waals surface area contributed by atoms with Crippen LogP contribution in [-0.2, 0) is 11.3 Å². The molecule has 1 aromatic rings. The quantitative estimate of drug-likeness (QED) is 0.842. The van der Waals surface area contributed by atoms with Gasteiger partial charge in [-0.05, 0) is 18.2 Å². The van der Waals surface area contributed by atoms with Crippen LogP contribution in [0.5, 0.6) is 5.75 Å². The van der Waals surface area contributed by atoms with E-state index < -0.39 is 5.97 Å². The standard InChI is InChI=1S/C13H17ClN2O4/c1-16(6-5-12(17)18)13(19)15-8-9-7-10(14)3-4-11(9)20-2/h3-4,7H,5-6,8H2,1-2H3,(H,15,19)(H,17,18). The van der Waals surface area contributed by atoms with Crippen LogP contribution in [0.3, 0.4) is 0 Å². The maximum atomic E-state index is 11.8. The number of carboxylic acid groups (broad SMARTS) is 1. The van der Waals surface area contributed by atoms with E-state index in [1.54, 1.807) is 18.2 Å². The van der Waals surface area contributed by atoms with Crippen molar-refractivity contribution in [3.05, 3.63) is 28.8 Å². The highest BCUT2D eigenvalue weighted by atomic mass is 35.5. The van der Waals surface area contributed by atoms with E-state index in [0.29, 0.717) is 10.8 Å². The van der Waals surface area contributed by atoms with E-state index in [1.807, 2.05) is 0 Å². The zero-order chi connectivity index (χ0) is 15.1. The Hall–Kier alpha value is -1.95. The van der Waals surface area contributed by atoms with Gasteiger partial charge in [-0.15, -0.1) is 0 Å². The SMILES string of the molecule is COc1ccc(Cl)cc1CNC(=O)N(C)CCC(=O)O. The van der Waals surface area contributed by atoms with Gasteiger partial charge in [-0.25, -0.2) is 4.79 Å². The normalized spacial score (nSPS) is 9.95. The number of aliphatic carboxylic acids is 1. The number of urea groups is 1. The number of halogens is 1. The molecule has 0 saturated heterocycles. The van der Waals surface area contributed by atoms with Crippen molar-refractivity contribution in [2.45, 2.75) is 13.0 Å². The molecule has 1 rings (SSSR count). The summed E-state index contributed by atoms with van der Waals surface area (Å²) in [5.74, 6) is -0.316. The van der Waals surface area contributed by atoms with E-state index in [2.05, 4.69) is 5.32 Å². The summed E-state index contributed by atoms with van der Waals surface area (Å²) in [4.78, 5) is 23.5. The second-order valence-electron chi connectivity index (χ2n) is 4.18. The number of carbonyl (C=O) groups is 2. The molecule has 0 atom stereocenters. The largest absolute Gasteiger partial charge is 0.496 e. The molecule has 6 nitrogen and oxygen atoms in total. The van der Waals surface area contributed by atoms with E-state index in [0.717, 1.165) is 5.56 Å². The highest BCUT2D eigenvalue weighted by molar-refractivity contribution is 6.30. The lowest BCUT2D eigenvalue weighted by molar-refractivity contribution is -0.137. The summed E-state index contributed by atoms with van der Waals surface area (Å²) >= 11 is 5.89. The average molecular weight is 301 g/mol. The van der Waals surface area contributed by atoms with Crippen molar-refractivity contribution in [2.75, 3.05) is 20.7 Å². The maximum Gasteiger partial charge on any atom is 0.317 e. The average Bonchev–Trinajstić information content (AvgIpc) is 2.42. The van der Waals surface area contributed by atoms with Crippen LogP contribution in [0.15, 0.2) is 18.2 Å². The molecule has 110 valence electrons. The van der Waals surface area contributed by atoms with Crippen molar-refractivity contribution in [2.24, 2.45) is 0 Å². The molecule has 0 radical (unpaired) electrons. The number of carbonyl (C=O) groups excluding carboxylic acids is 1. The molecule has 2 amide bonds. The molecule has 0 heterocycles. The molecule has 2 N–H and O–H groups in total. The first-order chi connectivity index (χ1) is 9.43. The molecular formula is C13H17ClN2O4. The van der Waals surface area contributed by atoms with Gasteiger partial charge in [0.05, 0.1) is 13.5 Å². The van der Waals surface area contributed by atoms with E-state index >= 15 is 0 Å². The number of carboxylic acids is 1. The molecule has 0 bridgehead atoms. The van der Waals surface area contributed by atoms with E-state index in [1.165, 1.54) is 19.1 Å². The summed E-state index contributed by atoms with van der Waals surface area (Å²) < 4.78 is 5.17. The molecule has 0 unspecified atom stereocenters. The van der Waals surface area contributed by atoms with Gasteiger partial charge in [-0.3, -0.25) is 4.79 Å². The molecule has 0 aliphatic rings. The van der Waals surface area contributed by atoms with Crippen molar-refractivity contribution >= 4 is 23.6 Å². The molecule has 0 saturated carbocycles. The first-order valence-electron chi connectivity index (χ1n) is 5.97. The van der Waals surface area contributed by atoms with Gasteiger partial charge in [0.15, 0.2) is 0 Å². The highest BCUT2D eigenvalue weighted by Gasteiger charge is 2.11. The van der Waals surface area contributed by atoms with Crippen LogP contribution in [0.25, 0.3) is 0 Å². The minimum absolute atomic E-state index is 0.0929. The maximum absolute atomic E-state index is 11.8. The molecule has 0 aliphatic carbocycles. The Morgan fingerprint density at radius 2 is 2.15 bits per heavy atom. The van der Waals surface area contributed by atoms with E-state index in [9.17, 15) is 9.59 Å². The number of hydrogen-bond acceptors (Lipinski definition) is 3. The summed E-state index contributed by atoms with van der Waals surface area (Å²) in [6, 6.07) is 4.77. The summed E-state index contributed by atoms with van der Waals surface area (Å²) in [5, 5.41) is 11.8. The van der Waals surface area contributed by atoms with Crippen molar-refractivity contribution in [1.29, 1.82) is 0 Å². The fourth-order valence-corrected chi connectivity index (χ4v) is 1.75. The molecular weight excluding hydrogens is 284 g/mol. The fourth-order valence-electron chi connectivity index (χ4n) is 1.56. The minimum Gasteiger partial charge on any atom is -0.496 e. The third-order valence-electron chi connectivity index (χ3n) is 2.68. The summed E-state index contributed by atoms with van der Waals surface area (Å²) in [6.07, 6.45) is -0.0929.